The van der Waals surface area contributed by atoms with Crippen molar-refractivity contribution in [1.29, 1.82) is 0 Å². The number of hydrogen-bond acceptors (Lipinski definition) is 4. The van der Waals surface area contributed by atoms with Gasteiger partial charge in [0.25, 0.3) is 5.91 Å². The lowest BCUT2D eigenvalue weighted by Crippen LogP contribution is -2.20. The highest BCUT2D eigenvalue weighted by atomic mass is 35.5. The number of nitrogens with one attached hydrogen (secondary N) is 1. The molecule has 8 heteroatoms. The van der Waals surface area contributed by atoms with Gasteiger partial charge in [-0.3, -0.25) is 10.1 Å². The van der Waals surface area contributed by atoms with Gasteiger partial charge in [0, 0.05) is 6.07 Å². The van der Waals surface area contributed by atoms with Gasteiger partial charge in [0.05, 0.1) is 9.72 Å². The number of anilines is 1. The molecule has 23 heavy (non-hydrogen) atoms. The van der Waals surface area contributed by atoms with Crippen molar-refractivity contribution < 1.29 is 18.3 Å². The van der Waals surface area contributed by atoms with Crippen molar-refractivity contribution in [3.05, 3.63) is 53.1 Å². The van der Waals surface area contributed by atoms with Crippen molar-refractivity contribution in [2.75, 3.05) is 11.9 Å². The third kappa shape index (κ3) is 3.57. The molecule has 1 N–H and O–H groups in total. The van der Waals surface area contributed by atoms with E-state index in [1.54, 1.807) is 24.3 Å². The van der Waals surface area contributed by atoms with Crippen LogP contribution >= 0.6 is 22.9 Å². The van der Waals surface area contributed by atoms with E-state index in [4.69, 9.17) is 16.3 Å². The zero-order valence-corrected chi connectivity index (χ0v) is 13.0. The molecule has 1 aromatic heterocycles. The number of hydrogen-bond donors (Lipinski definition) is 1. The van der Waals surface area contributed by atoms with Gasteiger partial charge >= 0.3 is 0 Å². The predicted octanol–water partition coefficient (Wildman–Crippen LogP) is 4.25. The number of carbonyl (C=O) groups is 1. The summed E-state index contributed by atoms with van der Waals surface area (Å²) in [5, 5.41) is 3.03. The molecule has 0 spiro atoms. The fourth-order valence-corrected chi connectivity index (χ4v) is 2.98. The Bertz CT molecular complexity index is 885. The molecule has 0 atom stereocenters. The molecule has 0 unspecified atom stereocenters. The second-order valence-electron chi connectivity index (χ2n) is 4.52. The minimum atomic E-state index is -0.774. The van der Waals surface area contributed by atoms with Crippen LogP contribution in [-0.4, -0.2) is 17.5 Å². The highest BCUT2D eigenvalue weighted by Crippen LogP contribution is 2.28. The molecule has 3 rings (SSSR count). The maximum Gasteiger partial charge on any atom is 0.264 e. The quantitative estimate of drug-likeness (QED) is 0.762. The molecule has 0 aliphatic rings. The molecule has 0 saturated carbocycles. The average molecular weight is 355 g/mol. The van der Waals surface area contributed by atoms with E-state index in [-0.39, 0.29) is 17.3 Å². The fraction of sp³-hybridized carbons (Fsp3) is 0.0667. The zero-order chi connectivity index (χ0) is 16.4. The number of benzene rings is 2. The first-order valence-corrected chi connectivity index (χ1v) is 7.65. The van der Waals surface area contributed by atoms with Crippen molar-refractivity contribution in [3.8, 4) is 5.75 Å². The lowest BCUT2D eigenvalue weighted by molar-refractivity contribution is -0.118. The number of rotatable bonds is 4. The molecule has 0 aliphatic carbocycles. The summed E-state index contributed by atoms with van der Waals surface area (Å²) in [5.41, 5.74) is 0.0127. The smallest absolute Gasteiger partial charge is 0.264 e. The lowest BCUT2D eigenvalue weighted by atomic mass is 10.3. The Hall–Kier alpha value is -2.25. The monoisotopic (exact) mass is 354 g/mol. The highest BCUT2D eigenvalue weighted by Gasteiger charge is 2.13. The molecule has 0 bridgehead atoms. The second kappa shape index (κ2) is 6.47. The van der Waals surface area contributed by atoms with E-state index in [1.165, 1.54) is 0 Å². The maximum absolute atomic E-state index is 13.6. The van der Waals surface area contributed by atoms with E-state index < -0.39 is 17.5 Å². The van der Waals surface area contributed by atoms with Gasteiger partial charge in [-0.1, -0.05) is 35.1 Å². The standard InChI is InChI=1S/C15H9ClF2N2O2S/c16-9-3-1-2-4-11(9)22-7-13(21)19-15-20-14-10(18)5-8(17)6-12(14)23-15/h1-6H,7H2,(H,19,20,21). The minimum absolute atomic E-state index is 0.0127. The van der Waals surface area contributed by atoms with Gasteiger partial charge in [0.1, 0.15) is 17.1 Å². The Kier molecular flexibility index (Phi) is 4.40. The van der Waals surface area contributed by atoms with Gasteiger partial charge in [0.15, 0.2) is 17.6 Å². The summed E-state index contributed by atoms with van der Waals surface area (Å²) in [5.74, 6) is -1.57. The van der Waals surface area contributed by atoms with E-state index in [2.05, 4.69) is 10.3 Å². The number of ether oxygens (including phenoxy) is 1. The van der Waals surface area contributed by atoms with E-state index >= 15 is 0 Å². The minimum Gasteiger partial charge on any atom is -0.482 e. The molecular formula is C15H9ClF2N2O2S. The van der Waals surface area contributed by atoms with Gasteiger partial charge in [0.2, 0.25) is 0 Å². The van der Waals surface area contributed by atoms with Crippen LogP contribution in [0.5, 0.6) is 5.75 Å². The fourth-order valence-electron chi connectivity index (χ4n) is 1.87. The van der Waals surface area contributed by atoms with Crippen LogP contribution < -0.4 is 10.1 Å². The van der Waals surface area contributed by atoms with Crippen molar-refractivity contribution in [3.63, 3.8) is 0 Å². The first-order chi connectivity index (χ1) is 11.0. The Balaban J connectivity index is 1.68. The van der Waals surface area contributed by atoms with Gasteiger partial charge in [-0.05, 0) is 18.2 Å². The molecule has 0 aliphatic heterocycles. The van der Waals surface area contributed by atoms with Crippen LogP contribution in [0.4, 0.5) is 13.9 Å². The van der Waals surface area contributed by atoms with Crippen LogP contribution in [0.15, 0.2) is 36.4 Å². The van der Waals surface area contributed by atoms with Crippen LogP contribution in [0.25, 0.3) is 10.2 Å². The summed E-state index contributed by atoms with van der Waals surface area (Å²) in [6.07, 6.45) is 0. The highest BCUT2D eigenvalue weighted by molar-refractivity contribution is 7.22. The van der Waals surface area contributed by atoms with Crippen molar-refractivity contribution in [2.24, 2.45) is 0 Å². The summed E-state index contributed by atoms with van der Waals surface area (Å²) >= 11 is 6.88. The van der Waals surface area contributed by atoms with E-state index in [9.17, 15) is 13.6 Å². The molecular weight excluding hydrogens is 346 g/mol. The second-order valence-corrected chi connectivity index (χ2v) is 5.96. The molecule has 0 saturated heterocycles. The van der Waals surface area contributed by atoms with Crippen molar-refractivity contribution in [2.45, 2.75) is 0 Å². The van der Waals surface area contributed by atoms with Gasteiger partial charge in [-0.15, -0.1) is 0 Å². The van der Waals surface area contributed by atoms with E-state index in [0.717, 1.165) is 23.5 Å². The van der Waals surface area contributed by atoms with Gasteiger partial charge in [-0.2, -0.15) is 0 Å². The van der Waals surface area contributed by atoms with E-state index in [0.29, 0.717) is 15.5 Å². The van der Waals surface area contributed by atoms with E-state index in [1.807, 2.05) is 0 Å². The Morgan fingerprint density at radius 3 is 2.87 bits per heavy atom. The van der Waals surface area contributed by atoms with Crippen LogP contribution in [0.2, 0.25) is 5.02 Å². The first-order valence-electron chi connectivity index (χ1n) is 6.45. The lowest BCUT2D eigenvalue weighted by Gasteiger charge is -2.06. The van der Waals surface area contributed by atoms with Crippen LogP contribution in [0.3, 0.4) is 0 Å². The van der Waals surface area contributed by atoms with Crippen LogP contribution in [-0.2, 0) is 4.79 Å². The van der Waals surface area contributed by atoms with Crippen LogP contribution in [0.1, 0.15) is 0 Å². The SMILES string of the molecule is O=C(COc1ccccc1Cl)Nc1nc2c(F)cc(F)cc2s1. The van der Waals surface area contributed by atoms with Gasteiger partial charge in [-0.25, -0.2) is 13.8 Å². The molecule has 0 fully saturated rings. The number of nitrogens with zero attached hydrogens (tertiary/aromatic N) is 1. The Morgan fingerprint density at radius 2 is 2.09 bits per heavy atom. The topological polar surface area (TPSA) is 51.2 Å². The average Bonchev–Trinajstić information content (AvgIpc) is 2.89. The molecule has 2 aromatic carbocycles. The number of thiazole rings is 1. The summed E-state index contributed by atoms with van der Waals surface area (Å²) in [6, 6.07) is 8.64. The van der Waals surface area contributed by atoms with Crippen molar-refractivity contribution >= 4 is 44.2 Å². The summed E-state index contributed by atoms with van der Waals surface area (Å²) < 4.78 is 32.3. The number of para-hydroxylation sites is 1. The molecule has 3 aromatic rings. The summed E-state index contributed by atoms with van der Waals surface area (Å²) in [6.45, 7) is -0.281. The largest absolute Gasteiger partial charge is 0.482 e. The number of amides is 1. The van der Waals surface area contributed by atoms with Crippen LogP contribution in [0, 0.1) is 11.6 Å². The van der Waals surface area contributed by atoms with Gasteiger partial charge < -0.3 is 4.74 Å². The Labute approximate surface area is 138 Å². The van der Waals surface area contributed by atoms with Crippen molar-refractivity contribution in [1.82, 2.24) is 4.98 Å². The maximum atomic E-state index is 13.6. The molecule has 4 nitrogen and oxygen atoms in total. The third-order valence-electron chi connectivity index (χ3n) is 2.85. The zero-order valence-electron chi connectivity index (χ0n) is 11.5. The molecule has 1 amide bonds. The summed E-state index contributed by atoms with van der Waals surface area (Å²) in [4.78, 5) is 15.8. The normalized spacial score (nSPS) is 10.7. The number of carbonyl (C=O) groups excluding carboxylic acids is 1. The molecule has 1 heterocycles. The summed E-state index contributed by atoms with van der Waals surface area (Å²) in [7, 11) is 0. The first kappa shape index (κ1) is 15.6. The third-order valence-corrected chi connectivity index (χ3v) is 4.09. The number of aromatic nitrogens is 1. The molecule has 118 valence electrons. The number of fused-ring (bicyclic) bond motifs is 1. The molecule has 0 radical (unpaired) electrons. The predicted molar refractivity (Wildman–Crippen MR) is 85.1 cm³/mol. The Morgan fingerprint density at radius 1 is 1.30 bits per heavy atom. The number of halogens is 3.